The molecule has 10 heteroatoms. The maximum atomic E-state index is 12.9. The molecular formula is C23H24ClN5O3S. The van der Waals surface area contributed by atoms with Gasteiger partial charge in [-0.15, -0.1) is 16.8 Å². The number of thioether (sulfide) groups is 1. The minimum atomic E-state index is -0.424. The molecule has 0 saturated heterocycles. The van der Waals surface area contributed by atoms with E-state index in [2.05, 4.69) is 22.1 Å². The number of nitro groups is 1. The van der Waals surface area contributed by atoms with Crippen molar-refractivity contribution in [1.29, 1.82) is 0 Å². The van der Waals surface area contributed by atoms with Crippen LogP contribution < -0.4 is 5.32 Å². The van der Waals surface area contributed by atoms with E-state index in [4.69, 9.17) is 11.6 Å². The molecule has 0 radical (unpaired) electrons. The van der Waals surface area contributed by atoms with Gasteiger partial charge < -0.3 is 9.88 Å². The normalized spacial score (nSPS) is 11.9. The van der Waals surface area contributed by atoms with Gasteiger partial charge in [-0.3, -0.25) is 14.9 Å². The average molecular weight is 486 g/mol. The number of carbonyl (C=O) groups is 1. The fraction of sp³-hybridized carbons (Fsp3) is 0.261. The fourth-order valence-electron chi connectivity index (χ4n) is 3.19. The van der Waals surface area contributed by atoms with Crippen LogP contribution in [0.25, 0.3) is 0 Å². The fourth-order valence-corrected chi connectivity index (χ4v) is 4.33. The zero-order chi connectivity index (χ0) is 24.0. The molecule has 1 heterocycles. The zero-order valence-corrected chi connectivity index (χ0v) is 19.8. The maximum absolute atomic E-state index is 12.9. The summed E-state index contributed by atoms with van der Waals surface area (Å²) in [6.07, 6.45) is 1.75. The molecule has 33 heavy (non-hydrogen) atoms. The number of allylic oxidation sites excluding steroid dienone is 1. The summed E-state index contributed by atoms with van der Waals surface area (Å²) < 4.78 is 1.92. The smallest absolute Gasteiger partial charge is 0.269 e. The Labute approximate surface area is 201 Å². The summed E-state index contributed by atoms with van der Waals surface area (Å²) in [6.45, 7) is 8.29. The first-order valence-electron chi connectivity index (χ1n) is 10.3. The predicted molar refractivity (Wildman–Crippen MR) is 129 cm³/mol. The number of non-ortho nitro benzene ring substituents is 1. The molecule has 0 unspecified atom stereocenters. The number of benzene rings is 2. The van der Waals surface area contributed by atoms with Crippen LogP contribution in [0.4, 0.5) is 5.69 Å². The van der Waals surface area contributed by atoms with Gasteiger partial charge in [0.05, 0.1) is 21.6 Å². The van der Waals surface area contributed by atoms with E-state index in [1.807, 2.05) is 18.4 Å². The Hall–Kier alpha value is -3.17. The molecule has 1 N–H and O–H groups in total. The van der Waals surface area contributed by atoms with Crippen molar-refractivity contribution >= 4 is 35.0 Å². The highest BCUT2D eigenvalue weighted by Gasteiger charge is 2.26. The number of halogens is 1. The molecule has 3 rings (SSSR count). The molecule has 1 aromatic heterocycles. The largest absolute Gasteiger partial charge is 0.342 e. The monoisotopic (exact) mass is 485 g/mol. The maximum Gasteiger partial charge on any atom is 0.269 e. The van der Waals surface area contributed by atoms with Gasteiger partial charge in [-0.25, -0.2) is 0 Å². The lowest BCUT2D eigenvalue weighted by atomic mass is 10.0. The van der Waals surface area contributed by atoms with Gasteiger partial charge >= 0.3 is 0 Å². The Kier molecular flexibility index (Phi) is 8.24. The first kappa shape index (κ1) is 24.5. The third-order valence-corrected chi connectivity index (χ3v) is 6.29. The molecule has 0 aliphatic rings. The lowest BCUT2D eigenvalue weighted by Gasteiger charge is -2.23. The summed E-state index contributed by atoms with van der Waals surface area (Å²) in [5.74, 6) is 0.937. The Bertz CT molecular complexity index is 1150. The van der Waals surface area contributed by atoms with E-state index >= 15 is 0 Å². The molecule has 0 spiro atoms. The molecule has 8 nitrogen and oxygen atoms in total. The zero-order valence-electron chi connectivity index (χ0n) is 18.3. The number of hydrogen-bond donors (Lipinski definition) is 1. The first-order chi connectivity index (χ1) is 15.8. The quantitative estimate of drug-likeness (QED) is 0.177. The second kappa shape index (κ2) is 11.1. The standard InChI is InChI=1S/C23H24ClN5O3S/c1-4-13-28-21(20(15(2)3)25-22(30)18-7-5-6-8-19(18)24)26-27-23(28)33-14-16-9-11-17(12-10-16)29(31)32/h4-12,15,20H,1,13-14H2,2-3H3,(H,25,30)/t20-/m1/s1. The molecule has 0 bridgehead atoms. The highest BCUT2D eigenvalue weighted by Crippen LogP contribution is 2.28. The molecular weight excluding hydrogens is 462 g/mol. The third-order valence-electron chi connectivity index (χ3n) is 4.92. The Morgan fingerprint density at radius 2 is 1.94 bits per heavy atom. The highest BCUT2D eigenvalue weighted by molar-refractivity contribution is 7.98. The number of hydrogen-bond acceptors (Lipinski definition) is 6. The molecule has 2 aromatic carbocycles. The van der Waals surface area contributed by atoms with Crippen LogP contribution in [-0.2, 0) is 12.3 Å². The number of nitrogens with one attached hydrogen (secondary N) is 1. The van der Waals surface area contributed by atoms with Gasteiger partial charge in [0.25, 0.3) is 11.6 Å². The van der Waals surface area contributed by atoms with Crippen molar-refractivity contribution < 1.29 is 9.72 Å². The van der Waals surface area contributed by atoms with Crippen molar-refractivity contribution in [3.05, 3.63) is 93.3 Å². The van der Waals surface area contributed by atoms with Crippen molar-refractivity contribution in [2.75, 3.05) is 0 Å². The summed E-state index contributed by atoms with van der Waals surface area (Å²) in [5.41, 5.74) is 1.37. The third kappa shape index (κ3) is 6.00. The lowest BCUT2D eigenvalue weighted by molar-refractivity contribution is -0.384. The Balaban J connectivity index is 1.82. The van der Waals surface area contributed by atoms with E-state index in [9.17, 15) is 14.9 Å². The minimum Gasteiger partial charge on any atom is -0.342 e. The summed E-state index contributed by atoms with van der Waals surface area (Å²) in [7, 11) is 0. The van der Waals surface area contributed by atoms with Crippen LogP contribution in [-0.4, -0.2) is 25.6 Å². The summed E-state index contributed by atoms with van der Waals surface area (Å²) >= 11 is 7.65. The van der Waals surface area contributed by atoms with Crippen LogP contribution in [0, 0.1) is 16.0 Å². The van der Waals surface area contributed by atoms with Crippen LogP contribution in [0.1, 0.15) is 41.6 Å². The van der Waals surface area contributed by atoms with Crippen molar-refractivity contribution in [2.24, 2.45) is 5.92 Å². The van der Waals surface area contributed by atoms with Gasteiger partial charge in [0.15, 0.2) is 11.0 Å². The van der Waals surface area contributed by atoms with Crippen LogP contribution in [0.5, 0.6) is 0 Å². The predicted octanol–water partition coefficient (Wildman–Crippen LogP) is 5.45. The van der Waals surface area contributed by atoms with Crippen molar-refractivity contribution in [3.63, 3.8) is 0 Å². The van der Waals surface area contributed by atoms with Gasteiger partial charge in [0.2, 0.25) is 0 Å². The number of amides is 1. The van der Waals surface area contributed by atoms with E-state index in [-0.39, 0.29) is 17.5 Å². The number of rotatable bonds is 10. The molecule has 0 aliphatic carbocycles. The van der Waals surface area contributed by atoms with Crippen molar-refractivity contribution in [2.45, 2.75) is 37.3 Å². The SMILES string of the molecule is C=CCn1c(SCc2ccc([N+](=O)[O-])cc2)nnc1[C@H](NC(=O)c1ccccc1Cl)C(C)C. The van der Waals surface area contributed by atoms with Gasteiger partial charge in [0, 0.05) is 24.4 Å². The van der Waals surface area contributed by atoms with Gasteiger partial charge in [-0.2, -0.15) is 0 Å². The second-order valence-corrected chi connectivity index (χ2v) is 8.98. The molecule has 0 saturated carbocycles. The Morgan fingerprint density at radius 3 is 2.55 bits per heavy atom. The number of nitro benzene ring substituents is 1. The number of aromatic nitrogens is 3. The Morgan fingerprint density at radius 1 is 1.24 bits per heavy atom. The van der Waals surface area contributed by atoms with E-state index < -0.39 is 11.0 Å². The number of carbonyl (C=O) groups excluding carboxylic acids is 1. The number of nitrogens with zero attached hydrogens (tertiary/aromatic N) is 4. The molecule has 3 aromatic rings. The summed E-state index contributed by atoms with van der Waals surface area (Å²) in [6, 6.07) is 12.9. The topological polar surface area (TPSA) is 103 Å². The molecule has 0 aliphatic heterocycles. The lowest BCUT2D eigenvalue weighted by Crippen LogP contribution is -2.34. The average Bonchev–Trinajstić information content (AvgIpc) is 3.18. The van der Waals surface area contributed by atoms with Crippen LogP contribution in [0.3, 0.4) is 0 Å². The second-order valence-electron chi connectivity index (χ2n) is 7.63. The van der Waals surface area contributed by atoms with Crippen LogP contribution >= 0.6 is 23.4 Å². The summed E-state index contributed by atoms with van der Waals surface area (Å²) in [5, 5.41) is 23.7. The molecule has 172 valence electrons. The van der Waals surface area contributed by atoms with Crippen molar-refractivity contribution in [1.82, 2.24) is 20.1 Å². The van der Waals surface area contributed by atoms with Crippen LogP contribution in [0.15, 0.2) is 66.3 Å². The first-order valence-corrected chi connectivity index (χ1v) is 11.6. The summed E-state index contributed by atoms with van der Waals surface area (Å²) in [4.78, 5) is 23.3. The molecule has 0 fully saturated rings. The van der Waals surface area contributed by atoms with E-state index in [0.29, 0.717) is 33.9 Å². The van der Waals surface area contributed by atoms with E-state index in [1.54, 1.807) is 42.5 Å². The molecule has 1 amide bonds. The van der Waals surface area contributed by atoms with Gasteiger partial charge in [-0.1, -0.05) is 67.6 Å². The van der Waals surface area contributed by atoms with Crippen LogP contribution in [0.2, 0.25) is 5.02 Å². The van der Waals surface area contributed by atoms with E-state index in [1.165, 1.54) is 23.9 Å². The minimum absolute atomic E-state index is 0.0386. The highest BCUT2D eigenvalue weighted by atomic mass is 35.5. The van der Waals surface area contributed by atoms with Crippen molar-refractivity contribution in [3.8, 4) is 0 Å². The van der Waals surface area contributed by atoms with E-state index in [0.717, 1.165) is 5.56 Å². The van der Waals surface area contributed by atoms with Gasteiger partial charge in [-0.05, 0) is 23.6 Å². The van der Waals surface area contributed by atoms with Gasteiger partial charge in [0.1, 0.15) is 0 Å². The molecule has 1 atom stereocenters.